The van der Waals surface area contributed by atoms with E-state index in [9.17, 15) is 13.5 Å². The van der Waals surface area contributed by atoms with Crippen LogP contribution >= 0.6 is 0 Å². The van der Waals surface area contributed by atoms with Crippen molar-refractivity contribution in [3.63, 3.8) is 0 Å². The molecule has 0 heterocycles. The maximum Gasteiger partial charge on any atom is 0.279 e. The van der Waals surface area contributed by atoms with Crippen molar-refractivity contribution in [2.75, 3.05) is 19.6 Å². The summed E-state index contributed by atoms with van der Waals surface area (Å²) in [5.41, 5.74) is 0. The molecule has 0 saturated heterocycles. The predicted molar refractivity (Wildman–Crippen MR) is 60.8 cm³/mol. The van der Waals surface area contributed by atoms with Crippen molar-refractivity contribution >= 4 is 10.2 Å². The Morgan fingerprint density at radius 1 is 1.27 bits per heavy atom. The van der Waals surface area contributed by atoms with E-state index < -0.39 is 16.3 Å². The smallest absolute Gasteiger partial charge is 0.279 e. The molecular weight excluding hydrogens is 216 g/mol. The standard InChI is InChI=1S/C9H22N2O3S/c1-4-7-9(12)8-10-15(13,14)11(5-2)6-3/h9-10,12H,4-8H2,1-3H3. The minimum absolute atomic E-state index is 0.0900. The zero-order chi connectivity index (χ0) is 11.9. The minimum Gasteiger partial charge on any atom is -0.392 e. The normalized spacial score (nSPS) is 14.5. The average molecular weight is 238 g/mol. The molecule has 0 bridgehead atoms. The third-order valence-electron chi connectivity index (χ3n) is 2.17. The average Bonchev–Trinajstić information content (AvgIpc) is 2.17. The van der Waals surface area contributed by atoms with E-state index in [1.165, 1.54) is 4.31 Å². The van der Waals surface area contributed by atoms with E-state index in [1.54, 1.807) is 13.8 Å². The van der Waals surface area contributed by atoms with Crippen LogP contribution in [0.5, 0.6) is 0 Å². The van der Waals surface area contributed by atoms with Crippen molar-refractivity contribution in [1.82, 2.24) is 9.03 Å². The Hall–Kier alpha value is -0.170. The highest BCUT2D eigenvalue weighted by Crippen LogP contribution is 1.99. The summed E-state index contributed by atoms with van der Waals surface area (Å²) in [6, 6.07) is 0. The van der Waals surface area contributed by atoms with Gasteiger partial charge < -0.3 is 5.11 Å². The Kier molecular flexibility index (Phi) is 7.08. The fourth-order valence-corrected chi connectivity index (χ4v) is 2.56. The molecular formula is C9H22N2O3S. The van der Waals surface area contributed by atoms with E-state index in [4.69, 9.17) is 0 Å². The second-order valence-electron chi connectivity index (χ2n) is 3.38. The van der Waals surface area contributed by atoms with Crippen LogP contribution in [0.2, 0.25) is 0 Å². The molecule has 0 saturated carbocycles. The van der Waals surface area contributed by atoms with Crippen LogP contribution in [-0.2, 0) is 10.2 Å². The highest BCUT2D eigenvalue weighted by Gasteiger charge is 2.18. The quantitative estimate of drug-likeness (QED) is 0.640. The molecule has 15 heavy (non-hydrogen) atoms. The Bertz CT molecular complexity index is 250. The monoisotopic (exact) mass is 238 g/mol. The van der Waals surface area contributed by atoms with Gasteiger partial charge in [-0.3, -0.25) is 0 Å². The van der Waals surface area contributed by atoms with Crippen molar-refractivity contribution < 1.29 is 13.5 Å². The van der Waals surface area contributed by atoms with Crippen molar-refractivity contribution in [2.45, 2.75) is 39.7 Å². The van der Waals surface area contributed by atoms with Gasteiger partial charge in [0.15, 0.2) is 0 Å². The second kappa shape index (κ2) is 7.16. The fourth-order valence-electron chi connectivity index (χ4n) is 1.29. The largest absolute Gasteiger partial charge is 0.392 e. The zero-order valence-electron chi connectivity index (χ0n) is 9.73. The predicted octanol–water partition coefficient (Wildman–Crippen LogP) is 0.324. The van der Waals surface area contributed by atoms with Crippen LogP contribution in [0.3, 0.4) is 0 Å². The van der Waals surface area contributed by atoms with Gasteiger partial charge >= 0.3 is 0 Å². The first-order valence-corrected chi connectivity index (χ1v) is 6.84. The summed E-state index contributed by atoms with van der Waals surface area (Å²) in [6.45, 7) is 6.48. The molecule has 0 aliphatic heterocycles. The van der Waals surface area contributed by atoms with Crippen LogP contribution in [0.4, 0.5) is 0 Å². The molecule has 5 nitrogen and oxygen atoms in total. The van der Waals surface area contributed by atoms with Crippen LogP contribution < -0.4 is 4.72 Å². The van der Waals surface area contributed by atoms with Gasteiger partial charge in [0.05, 0.1) is 6.10 Å². The van der Waals surface area contributed by atoms with Crippen molar-refractivity contribution in [3.05, 3.63) is 0 Å². The summed E-state index contributed by atoms with van der Waals surface area (Å²) in [4.78, 5) is 0. The number of nitrogens with zero attached hydrogens (tertiary/aromatic N) is 1. The lowest BCUT2D eigenvalue weighted by Crippen LogP contribution is -2.43. The summed E-state index contributed by atoms with van der Waals surface area (Å²) in [5, 5.41) is 9.39. The van der Waals surface area contributed by atoms with Crippen LogP contribution in [0.1, 0.15) is 33.6 Å². The zero-order valence-corrected chi connectivity index (χ0v) is 10.5. The first-order chi connectivity index (χ1) is 6.97. The molecule has 6 heteroatoms. The molecule has 0 fully saturated rings. The molecule has 0 amide bonds. The fraction of sp³-hybridized carbons (Fsp3) is 1.00. The molecule has 92 valence electrons. The number of hydrogen-bond donors (Lipinski definition) is 2. The Morgan fingerprint density at radius 3 is 2.20 bits per heavy atom. The molecule has 0 aromatic carbocycles. The molecule has 2 N–H and O–H groups in total. The van der Waals surface area contributed by atoms with E-state index in [0.29, 0.717) is 19.5 Å². The third-order valence-corrected chi connectivity index (χ3v) is 3.90. The lowest BCUT2D eigenvalue weighted by Gasteiger charge is -2.20. The molecule has 1 atom stereocenters. The maximum absolute atomic E-state index is 11.6. The van der Waals surface area contributed by atoms with Gasteiger partial charge in [-0.15, -0.1) is 0 Å². The van der Waals surface area contributed by atoms with Gasteiger partial charge in [-0.05, 0) is 6.42 Å². The Labute approximate surface area is 92.7 Å². The lowest BCUT2D eigenvalue weighted by atomic mass is 10.2. The Morgan fingerprint density at radius 2 is 1.80 bits per heavy atom. The van der Waals surface area contributed by atoms with E-state index >= 15 is 0 Å². The molecule has 0 aromatic rings. The number of hydrogen-bond acceptors (Lipinski definition) is 3. The first kappa shape index (κ1) is 14.8. The second-order valence-corrected chi connectivity index (χ2v) is 5.14. The summed E-state index contributed by atoms with van der Waals surface area (Å²) in [7, 11) is -3.41. The number of nitrogens with one attached hydrogen (secondary N) is 1. The van der Waals surface area contributed by atoms with Crippen molar-refractivity contribution in [2.24, 2.45) is 0 Å². The molecule has 0 radical (unpaired) electrons. The summed E-state index contributed by atoms with van der Waals surface area (Å²) in [6.07, 6.45) is 0.856. The van der Waals surface area contributed by atoms with Gasteiger partial charge in [0.1, 0.15) is 0 Å². The van der Waals surface area contributed by atoms with Gasteiger partial charge in [-0.1, -0.05) is 27.2 Å². The number of aliphatic hydroxyl groups is 1. The topological polar surface area (TPSA) is 69.6 Å². The van der Waals surface area contributed by atoms with Gasteiger partial charge in [0.2, 0.25) is 0 Å². The molecule has 0 rings (SSSR count). The molecule has 0 aromatic heterocycles. The van der Waals surface area contributed by atoms with Crippen LogP contribution in [0.15, 0.2) is 0 Å². The molecule has 0 aliphatic carbocycles. The van der Waals surface area contributed by atoms with E-state index in [-0.39, 0.29) is 6.54 Å². The summed E-state index contributed by atoms with van der Waals surface area (Å²) < 4.78 is 26.9. The number of rotatable bonds is 8. The maximum atomic E-state index is 11.6. The van der Waals surface area contributed by atoms with E-state index in [0.717, 1.165) is 6.42 Å². The van der Waals surface area contributed by atoms with Gasteiger partial charge in [-0.25, -0.2) is 0 Å². The van der Waals surface area contributed by atoms with E-state index in [2.05, 4.69) is 4.72 Å². The Balaban J connectivity index is 4.14. The lowest BCUT2D eigenvalue weighted by molar-refractivity contribution is 0.166. The van der Waals surface area contributed by atoms with Crippen LogP contribution in [0, 0.1) is 0 Å². The minimum atomic E-state index is -3.41. The van der Waals surface area contributed by atoms with Gasteiger partial charge in [-0.2, -0.15) is 17.4 Å². The van der Waals surface area contributed by atoms with Gasteiger partial charge in [0.25, 0.3) is 10.2 Å². The van der Waals surface area contributed by atoms with Crippen LogP contribution in [-0.4, -0.2) is 43.6 Å². The third kappa shape index (κ3) is 5.46. The van der Waals surface area contributed by atoms with Gasteiger partial charge in [0, 0.05) is 19.6 Å². The highest BCUT2D eigenvalue weighted by atomic mass is 32.2. The SMILES string of the molecule is CCCC(O)CNS(=O)(=O)N(CC)CC. The summed E-state index contributed by atoms with van der Waals surface area (Å²) in [5.74, 6) is 0. The molecule has 0 spiro atoms. The van der Waals surface area contributed by atoms with Crippen molar-refractivity contribution in [3.8, 4) is 0 Å². The number of aliphatic hydroxyl groups excluding tert-OH is 1. The van der Waals surface area contributed by atoms with Crippen LogP contribution in [0.25, 0.3) is 0 Å². The highest BCUT2D eigenvalue weighted by molar-refractivity contribution is 7.87. The van der Waals surface area contributed by atoms with Crippen molar-refractivity contribution in [1.29, 1.82) is 0 Å². The summed E-state index contributed by atoms with van der Waals surface area (Å²) >= 11 is 0. The van der Waals surface area contributed by atoms with E-state index in [1.807, 2.05) is 6.92 Å². The molecule has 0 aliphatic rings. The molecule has 1 unspecified atom stereocenters. The first-order valence-electron chi connectivity index (χ1n) is 5.40.